The molecule has 1 heterocycles. The number of benzene rings is 2. The van der Waals surface area contributed by atoms with Crippen LogP contribution in [0.15, 0.2) is 76.2 Å². The molecule has 3 aromatic rings. The fourth-order valence-corrected chi connectivity index (χ4v) is 2.16. The Labute approximate surface area is 142 Å². The number of rotatable bonds is 5. The minimum atomic E-state index is -0.464. The van der Waals surface area contributed by atoms with Gasteiger partial charge in [0.2, 0.25) is 0 Å². The average Bonchev–Trinajstić information content (AvgIpc) is 3.11. The second-order valence-corrected chi connectivity index (χ2v) is 5.07. The van der Waals surface area contributed by atoms with E-state index < -0.39 is 4.92 Å². The van der Waals surface area contributed by atoms with Crippen molar-refractivity contribution in [2.45, 2.75) is 0 Å². The second kappa shape index (κ2) is 7.22. The molecule has 1 N–H and O–H groups in total. The maximum atomic E-state index is 11.8. The van der Waals surface area contributed by atoms with Crippen LogP contribution < -0.4 is 5.43 Å². The number of nitrogens with zero attached hydrogens (tertiary/aromatic N) is 2. The van der Waals surface area contributed by atoms with Crippen LogP contribution in [-0.4, -0.2) is 17.0 Å². The van der Waals surface area contributed by atoms with Gasteiger partial charge in [0.15, 0.2) is 0 Å². The van der Waals surface area contributed by atoms with Crippen molar-refractivity contribution in [1.82, 2.24) is 5.43 Å². The van der Waals surface area contributed by atoms with Crippen molar-refractivity contribution in [1.29, 1.82) is 0 Å². The van der Waals surface area contributed by atoms with Gasteiger partial charge in [-0.3, -0.25) is 14.9 Å². The van der Waals surface area contributed by atoms with Crippen LogP contribution in [-0.2, 0) is 0 Å². The first kappa shape index (κ1) is 16.1. The minimum Gasteiger partial charge on any atom is -0.455 e. The summed E-state index contributed by atoms with van der Waals surface area (Å²) >= 11 is 0. The summed E-state index contributed by atoms with van der Waals surface area (Å²) in [4.78, 5) is 22.2. The molecule has 7 heteroatoms. The Bertz CT molecular complexity index is 932. The number of hydrogen-bond acceptors (Lipinski definition) is 5. The van der Waals surface area contributed by atoms with E-state index >= 15 is 0 Å². The Morgan fingerprint density at radius 1 is 1.08 bits per heavy atom. The van der Waals surface area contributed by atoms with Gasteiger partial charge < -0.3 is 4.42 Å². The smallest absolute Gasteiger partial charge is 0.271 e. The second-order valence-electron chi connectivity index (χ2n) is 5.07. The van der Waals surface area contributed by atoms with Gasteiger partial charge in [0.05, 0.1) is 11.1 Å². The molecule has 1 aromatic heterocycles. The van der Waals surface area contributed by atoms with E-state index in [0.29, 0.717) is 22.6 Å². The van der Waals surface area contributed by atoms with Crippen LogP contribution in [0.2, 0.25) is 0 Å². The molecule has 2 aromatic carbocycles. The van der Waals surface area contributed by atoms with Gasteiger partial charge in [-0.1, -0.05) is 30.3 Å². The van der Waals surface area contributed by atoms with Gasteiger partial charge in [0.25, 0.3) is 11.6 Å². The van der Waals surface area contributed by atoms with Crippen LogP contribution in [0.3, 0.4) is 0 Å². The zero-order valence-electron chi connectivity index (χ0n) is 13.0. The molecule has 7 nitrogen and oxygen atoms in total. The van der Waals surface area contributed by atoms with Crippen LogP contribution >= 0.6 is 0 Å². The molecule has 0 bridgehead atoms. The van der Waals surface area contributed by atoms with E-state index in [1.54, 1.807) is 48.5 Å². The van der Waals surface area contributed by atoms with Gasteiger partial charge in [-0.15, -0.1) is 0 Å². The third-order valence-corrected chi connectivity index (χ3v) is 3.36. The Kier molecular flexibility index (Phi) is 4.66. The topological polar surface area (TPSA) is 97.7 Å². The Morgan fingerprint density at radius 2 is 1.88 bits per heavy atom. The maximum Gasteiger partial charge on any atom is 0.271 e. The quantitative estimate of drug-likeness (QED) is 0.437. The van der Waals surface area contributed by atoms with Gasteiger partial charge in [-0.25, -0.2) is 5.43 Å². The normalized spacial score (nSPS) is 10.7. The lowest BCUT2D eigenvalue weighted by atomic mass is 10.1. The van der Waals surface area contributed by atoms with E-state index in [9.17, 15) is 14.9 Å². The highest BCUT2D eigenvalue weighted by Crippen LogP contribution is 2.25. The predicted molar refractivity (Wildman–Crippen MR) is 92.3 cm³/mol. The van der Waals surface area contributed by atoms with Crippen molar-refractivity contribution in [2.24, 2.45) is 5.10 Å². The van der Waals surface area contributed by atoms with Crippen molar-refractivity contribution in [3.05, 3.63) is 88.2 Å². The first-order valence-corrected chi connectivity index (χ1v) is 7.36. The highest BCUT2D eigenvalue weighted by atomic mass is 16.6. The number of non-ortho nitro benzene ring substituents is 1. The number of amides is 1. The SMILES string of the molecule is O=C(N/N=C/c1ccc(-c2cccc([N+](=O)[O-])c2)o1)c1ccccc1. The van der Waals surface area contributed by atoms with Crippen molar-refractivity contribution >= 4 is 17.8 Å². The molecule has 1 amide bonds. The molecule has 0 aliphatic heterocycles. The van der Waals surface area contributed by atoms with Crippen LogP contribution in [0, 0.1) is 10.1 Å². The molecule has 0 aliphatic rings. The Balaban J connectivity index is 1.68. The molecule has 0 spiro atoms. The van der Waals surface area contributed by atoms with Crippen LogP contribution in [0.5, 0.6) is 0 Å². The fraction of sp³-hybridized carbons (Fsp3) is 0. The average molecular weight is 335 g/mol. The molecule has 0 saturated carbocycles. The summed E-state index contributed by atoms with van der Waals surface area (Å²) in [5, 5.41) is 14.7. The first-order chi connectivity index (χ1) is 12.1. The van der Waals surface area contributed by atoms with E-state index in [1.807, 2.05) is 6.07 Å². The highest BCUT2D eigenvalue weighted by Gasteiger charge is 2.10. The highest BCUT2D eigenvalue weighted by molar-refractivity contribution is 5.94. The van der Waals surface area contributed by atoms with Crippen molar-refractivity contribution in [3.63, 3.8) is 0 Å². The molecule has 0 saturated heterocycles. The molecule has 3 rings (SSSR count). The first-order valence-electron chi connectivity index (χ1n) is 7.36. The molecule has 0 fully saturated rings. The molecule has 0 atom stereocenters. The lowest BCUT2D eigenvalue weighted by Crippen LogP contribution is -2.17. The van der Waals surface area contributed by atoms with E-state index in [2.05, 4.69) is 10.5 Å². The number of nitro benzene ring substituents is 1. The van der Waals surface area contributed by atoms with E-state index in [1.165, 1.54) is 18.3 Å². The number of carbonyl (C=O) groups excluding carboxylic acids is 1. The van der Waals surface area contributed by atoms with Crippen LogP contribution in [0.1, 0.15) is 16.1 Å². The minimum absolute atomic E-state index is 0.0146. The fourth-order valence-electron chi connectivity index (χ4n) is 2.16. The van der Waals surface area contributed by atoms with Gasteiger partial charge in [-0.2, -0.15) is 5.10 Å². The lowest BCUT2D eigenvalue weighted by Gasteiger charge is -1.98. The zero-order valence-corrected chi connectivity index (χ0v) is 13.0. The third kappa shape index (κ3) is 3.97. The monoisotopic (exact) mass is 335 g/mol. The van der Waals surface area contributed by atoms with E-state index in [-0.39, 0.29) is 11.6 Å². The van der Waals surface area contributed by atoms with Crippen LogP contribution in [0.4, 0.5) is 5.69 Å². The molecule has 0 aliphatic carbocycles. The summed E-state index contributed by atoms with van der Waals surface area (Å²) in [6, 6.07) is 18.2. The van der Waals surface area contributed by atoms with Gasteiger partial charge >= 0.3 is 0 Å². The lowest BCUT2D eigenvalue weighted by molar-refractivity contribution is -0.384. The number of carbonyl (C=O) groups is 1. The molecule has 124 valence electrons. The Morgan fingerprint density at radius 3 is 2.64 bits per heavy atom. The number of furan rings is 1. The van der Waals surface area contributed by atoms with Crippen molar-refractivity contribution in [3.8, 4) is 11.3 Å². The van der Waals surface area contributed by atoms with Gasteiger partial charge in [0, 0.05) is 23.3 Å². The number of nitro groups is 1. The number of hydrazone groups is 1. The summed E-state index contributed by atoms with van der Waals surface area (Å²) in [7, 11) is 0. The summed E-state index contributed by atoms with van der Waals surface area (Å²) in [5.41, 5.74) is 3.47. The van der Waals surface area contributed by atoms with E-state index in [4.69, 9.17) is 4.42 Å². The van der Waals surface area contributed by atoms with E-state index in [0.717, 1.165) is 0 Å². The molecule has 25 heavy (non-hydrogen) atoms. The summed E-state index contributed by atoms with van der Waals surface area (Å²) in [5.74, 6) is 0.553. The van der Waals surface area contributed by atoms with Gasteiger partial charge in [-0.05, 0) is 24.3 Å². The standard InChI is InChI=1S/C18H13N3O4/c22-18(13-5-2-1-3-6-13)20-19-12-16-9-10-17(25-16)14-7-4-8-15(11-14)21(23)24/h1-12H,(H,20,22)/b19-12+. The molecule has 0 radical (unpaired) electrons. The summed E-state index contributed by atoms with van der Waals surface area (Å²) < 4.78 is 5.57. The number of nitrogens with one attached hydrogen (secondary N) is 1. The predicted octanol–water partition coefficient (Wildman–Crippen LogP) is 3.62. The zero-order chi connectivity index (χ0) is 17.6. The Hall–Kier alpha value is -3.74. The van der Waals surface area contributed by atoms with Gasteiger partial charge in [0.1, 0.15) is 11.5 Å². The third-order valence-electron chi connectivity index (χ3n) is 3.36. The summed E-state index contributed by atoms with van der Waals surface area (Å²) in [6.07, 6.45) is 1.36. The molecule has 0 unspecified atom stereocenters. The van der Waals surface area contributed by atoms with Crippen LogP contribution in [0.25, 0.3) is 11.3 Å². The largest absolute Gasteiger partial charge is 0.455 e. The maximum absolute atomic E-state index is 11.8. The van der Waals surface area contributed by atoms with Crippen molar-refractivity contribution < 1.29 is 14.1 Å². The summed E-state index contributed by atoms with van der Waals surface area (Å²) in [6.45, 7) is 0. The number of hydrogen-bond donors (Lipinski definition) is 1. The molecular formula is C18H13N3O4. The molecular weight excluding hydrogens is 322 g/mol. The van der Waals surface area contributed by atoms with Crippen molar-refractivity contribution in [2.75, 3.05) is 0 Å².